The molecule has 2 N–H and O–H groups in total. The molecule has 0 fully saturated rings. The molecule has 0 amide bonds. The molecule has 0 radical (unpaired) electrons. The lowest BCUT2D eigenvalue weighted by Crippen LogP contribution is -2.41. The van der Waals surface area contributed by atoms with E-state index in [4.69, 9.17) is 0 Å². The maximum absolute atomic E-state index is 14.0. The van der Waals surface area contributed by atoms with Gasteiger partial charge in [0.05, 0.1) is 5.41 Å². The predicted molar refractivity (Wildman–Crippen MR) is 139 cm³/mol. The smallest absolute Gasteiger partial charge is 0.183 e. The largest absolute Gasteiger partial charge is 0.511 e. The summed E-state index contributed by atoms with van der Waals surface area (Å²) in [5.41, 5.74) is -0.229. The van der Waals surface area contributed by atoms with Gasteiger partial charge in [0.1, 0.15) is 22.9 Å². The van der Waals surface area contributed by atoms with Crippen molar-refractivity contribution in [1.82, 2.24) is 0 Å². The molecule has 0 saturated heterocycles. The Bertz CT molecular complexity index is 939. The van der Waals surface area contributed by atoms with Gasteiger partial charge in [-0.25, -0.2) is 4.39 Å². The maximum Gasteiger partial charge on any atom is 0.183 e. The van der Waals surface area contributed by atoms with Crippen LogP contribution >= 0.6 is 0 Å². The second kappa shape index (κ2) is 12.5. The molecule has 35 heavy (non-hydrogen) atoms. The van der Waals surface area contributed by atoms with Crippen LogP contribution in [0.25, 0.3) is 0 Å². The quantitative estimate of drug-likeness (QED) is 0.279. The average molecular weight is 487 g/mol. The summed E-state index contributed by atoms with van der Waals surface area (Å²) >= 11 is 0. The summed E-state index contributed by atoms with van der Waals surface area (Å²) in [5.74, 6) is -0.655. The number of aliphatic hydroxyl groups excluding tert-OH is 2. The number of benzene rings is 1. The molecule has 4 nitrogen and oxygen atoms in total. The van der Waals surface area contributed by atoms with E-state index in [0.29, 0.717) is 49.0 Å². The molecule has 1 aliphatic rings. The summed E-state index contributed by atoms with van der Waals surface area (Å²) in [6, 6.07) is 5.93. The fraction of sp³-hybridized carbons (Fsp3) is 0.600. The number of carbonyl (C=O) groups is 2. The molecule has 0 heterocycles. The van der Waals surface area contributed by atoms with E-state index in [0.717, 1.165) is 24.8 Å². The van der Waals surface area contributed by atoms with E-state index >= 15 is 0 Å². The summed E-state index contributed by atoms with van der Waals surface area (Å²) in [7, 11) is 0. The van der Waals surface area contributed by atoms with E-state index in [-0.39, 0.29) is 29.3 Å². The molecule has 0 aliphatic heterocycles. The standard InChI is InChI=1S/C30H43FO4/c1-19(2)7-13-24-27(33)26(25(32)14-10-22-8-11-23(31)12-9-22)29(35)30(28(24)34,17-15-20(3)4)18-16-21(5)6/h8-9,11-12,19-21,33-34H,7,10,13-18H2,1-6H3. The van der Waals surface area contributed by atoms with Crippen LogP contribution in [0.15, 0.2) is 46.9 Å². The van der Waals surface area contributed by atoms with Crippen LogP contribution in [0.3, 0.4) is 0 Å². The van der Waals surface area contributed by atoms with Gasteiger partial charge in [0.15, 0.2) is 11.6 Å². The molecule has 0 atom stereocenters. The number of aliphatic hydroxyl groups is 2. The Labute approximate surface area is 210 Å². The SMILES string of the molecule is CC(C)CCC1=C(O)C(CCC(C)C)(CCC(C)C)C(=O)C(C(=O)CCc2ccc(F)cc2)=C1O. The van der Waals surface area contributed by atoms with Crippen LogP contribution in [0.4, 0.5) is 4.39 Å². The molecule has 194 valence electrons. The van der Waals surface area contributed by atoms with Gasteiger partial charge in [-0.2, -0.15) is 0 Å². The van der Waals surface area contributed by atoms with Crippen LogP contribution in [0.2, 0.25) is 0 Å². The Morgan fingerprint density at radius 1 is 0.857 bits per heavy atom. The van der Waals surface area contributed by atoms with Gasteiger partial charge in [0, 0.05) is 12.0 Å². The second-order valence-electron chi connectivity index (χ2n) is 11.3. The van der Waals surface area contributed by atoms with E-state index < -0.39 is 17.0 Å². The monoisotopic (exact) mass is 486 g/mol. The zero-order chi connectivity index (χ0) is 26.3. The summed E-state index contributed by atoms with van der Waals surface area (Å²) in [6.07, 6.45) is 3.82. The molecule has 0 saturated carbocycles. The van der Waals surface area contributed by atoms with E-state index in [1.54, 1.807) is 12.1 Å². The molecular formula is C30H43FO4. The molecule has 0 unspecified atom stereocenters. The van der Waals surface area contributed by atoms with Crippen molar-refractivity contribution < 1.29 is 24.2 Å². The first-order valence-electron chi connectivity index (χ1n) is 13.1. The van der Waals surface area contributed by atoms with Crippen LogP contribution in [0.1, 0.15) is 92.1 Å². The zero-order valence-corrected chi connectivity index (χ0v) is 22.3. The van der Waals surface area contributed by atoms with Crippen LogP contribution in [0, 0.1) is 29.0 Å². The minimum absolute atomic E-state index is 0.0272. The lowest BCUT2D eigenvalue weighted by Gasteiger charge is -2.38. The lowest BCUT2D eigenvalue weighted by atomic mass is 9.64. The van der Waals surface area contributed by atoms with Crippen molar-refractivity contribution in [1.29, 1.82) is 0 Å². The topological polar surface area (TPSA) is 74.6 Å². The zero-order valence-electron chi connectivity index (χ0n) is 22.3. The van der Waals surface area contributed by atoms with Gasteiger partial charge >= 0.3 is 0 Å². The number of ketones is 2. The van der Waals surface area contributed by atoms with E-state index in [2.05, 4.69) is 41.5 Å². The first-order chi connectivity index (χ1) is 16.4. The highest BCUT2D eigenvalue weighted by molar-refractivity contribution is 6.24. The Hall–Kier alpha value is -2.43. The summed E-state index contributed by atoms with van der Waals surface area (Å²) in [5, 5.41) is 22.7. The minimum atomic E-state index is -1.19. The highest BCUT2D eigenvalue weighted by Gasteiger charge is 2.50. The third kappa shape index (κ3) is 7.28. The van der Waals surface area contributed by atoms with Gasteiger partial charge in [-0.15, -0.1) is 0 Å². The Morgan fingerprint density at radius 3 is 1.86 bits per heavy atom. The molecular weight excluding hydrogens is 443 g/mol. The number of hydrogen-bond acceptors (Lipinski definition) is 4. The molecule has 0 bridgehead atoms. The van der Waals surface area contributed by atoms with Crippen molar-refractivity contribution in [2.45, 2.75) is 92.9 Å². The molecule has 0 aromatic heterocycles. The third-order valence-corrected chi connectivity index (χ3v) is 7.02. The maximum atomic E-state index is 14.0. The van der Waals surface area contributed by atoms with Gasteiger partial charge < -0.3 is 10.2 Å². The predicted octanol–water partition coefficient (Wildman–Crippen LogP) is 7.83. The van der Waals surface area contributed by atoms with Gasteiger partial charge in [0.2, 0.25) is 0 Å². The molecule has 0 spiro atoms. The number of Topliss-reactive ketones (excluding diaryl/α,β-unsaturated/α-hetero) is 2. The van der Waals surface area contributed by atoms with Crippen LogP contribution < -0.4 is 0 Å². The number of aryl methyl sites for hydroxylation is 1. The van der Waals surface area contributed by atoms with Gasteiger partial charge in [-0.05, 0) is 80.4 Å². The van der Waals surface area contributed by atoms with E-state index in [1.807, 2.05) is 0 Å². The molecule has 5 heteroatoms. The Balaban J connectivity index is 2.51. The van der Waals surface area contributed by atoms with Crippen molar-refractivity contribution in [3.8, 4) is 0 Å². The lowest BCUT2D eigenvalue weighted by molar-refractivity contribution is -0.129. The highest BCUT2D eigenvalue weighted by atomic mass is 19.1. The third-order valence-electron chi connectivity index (χ3n) is 7.02. The first-order valence-corrected chi connectivity index (χ1v) is 13.1. The summed E-state index contributed by atoms with van der Waals surface area (Å²) < 4.78 is 13.3. The van der Waals surface area contributed by atoms with Crippen molar-refractivity contribution in [2.75, 3.05) is 0 Å². The molecule has 1 aromatic carbocycles. The van der Waals surface area contributed by atoms with Crippen molar-refractivity contribution in [3.05, 3.63) is 58.3 Å². The fourth-order valence-corrected chi connectivity index (χ4v) is 4.63. The summed E-state index contributed by atoms with van der Waals surface area (Å²) in [4.78, 5) is 27.4. The van der Waals surface area contributed by atoms with E-state index in [1.165, 1.54) is 12.1 Å². The highest BCUT2D eigenvalue weighted by Crippen LogP contribution is 2.48. The summed E-state index contributed by atoms with van der Waals surface area (Å²) in [6.45, 7) is 12.4. The number of halogens is 1. The number of carbonyl (C=O) groups excluding carboxylic acids is 2. The van der Waals surface area contributed by atoms with Crippen molar-refractivity contribution in [2.24, 2.45) is 23.2 Å². The second-order valence-corrected chi connectivity index (χ2v) is 11.3. The first kappa shape index (κ1) is 28.8. The Kier molecular flexibility index (Phi) is 10.3. The van der Waals surface area contributed by atoms with Gasteiger partial charge in [-0.3, -0.25) is 9.59 Å². The number of allylic oxidation sites excluding steroid dienone is 3. The average Bonchev–Trinajstić information content (AvgIpc) is 2.78. The van der Waals surface area contributed by atoms with Crippen LogP contribution in [-0.2, 0) is 16.0 Å². The minimum Gasteiger partial charge on any atom is -0.511 e. The van der Waals surface area contributed by atoms with Gasteiger partial charge in [0.25, 0.3) is 0 Å². The van der Waals surface area contributed by atoms with Crippen molar-refractivity contribution in [3.63, 3.8) is 0 Å². The van der Waals surface area contributed by atoms with Gasteiger partial charge in [-0.1, -0.05) is 53.7 Å². The van der Waals surface area contributed by atoms with Crippen LogP contribution in [0.5, 0.6) is 0 Å². The van der Waals surface area contributed by atoms with Crippen LogP contribution in [-0.4, -0.2) is 21.8 Å². The molecule has 2 rings (SSSR count). The fourth-order valence-electron chi connectivity index (χ4n) is 4.63. The normalized spacial score (nSPS) is 16.2. The molecule has 1 aromatic rings. The number of rotatable bonds is 13. The Morgan fingerprint density at radius 2 is 1.37 bits per heavy atom. The molecule has 1 aliphatic carbocycles. The van der Waals surface area contributed by atoms with E-state index in [9.17, 15) is 24.2 Å². The number of hydrogen-bond donors (Lipinski definition) is 2. The van der Waals surface area contributed by atoms with Crippen molar-refractivity contribution >= 4 is 11.6 Å².